The van der Waals surface area contributed by atoms with Crippen LogP contribution in [0.3, 0.4) is 0 Å². The number of amides is 2. The summed E-state index contributed by atoms with van der Waals surface area (Å²) in [5.74, 6) is -2.86. The van der Waals surface area contributed by atoms with Crippen molar-refractivity contribution >= 4 is 17.8 Å². The minimum absolute atomic E-state index is 0.183. The highest BCUT2D eigenvalue weighted by Gasteiger charge is 2.36. The van der Waals surface area contributed by atoms with Crippen LogP contribution in [0.15, 0.2) is 46.6 Å². The fourth-order valence-corrected chi connectivity index (χ4v) is 2.16. The van der Waals surface area contributed by atoms with E-state index in [1.165, 1.54) is 6.92 Å². The fourth-order valence-electron chi connectivity index (χ4n) is 2.16. The van der Waals surface area contributed by atoms with Crippen LogP contribution in [0.1, 0.15) is 13.3 Å². The normalized spacial score (nSPS) is 20.1. The molecule has 0 atom stereocenters. The van der Waals surface area contributed by atoms with Gasteiger partial charge in [0.25, 0.3) is 11.8 Å². The average molecular weight is 284 g/mol. The van der Waals surface area contributed by atoms with Crippen LogP contribution in [-0.4, -0.2) is 34.3 Å². The van der Waals surface area contributed by atoms with Crippen LogP contribution >= 0.6 is 0 Å². The van der Waals surface area contributed by atoms with E-state index in [4.69, 9.17) is 10.4 Å². The zero-order valence-corrected chi connectivity index (χ0v) is 11.3. The Balaban J connectivity index is 2.50. The van der Waals surface area contributed by atoms with E-state index in [0.29, 0.717) is 11.3 Å². The number of hydrogen-bond acceptors (Lipinski definition) is 4. The summed E-state index contributed by atoms with van der Waals surface area (Å²) < 4.78 is 0. The molecule has 0 radical (unpaired) electrons. The van der Waals surface area contributed by atoms with E-state index in [-0.39, 0.29) is 16.7 Å². The molecule has 0 aromatic carbocycles. The Morgan fingerprint density at radius 3 is 2.71 bits per heavy atom. The number of rotatable bonds is 3. The predicted octanol–water partition coefficient (Wildman–Crippen LogP) is 1.09. The Labute approximate surface area is 121 Å². The smallest absolute Gasteiger partial charge is 0.323 e. The van der Waals surface area contributed by atoms with E-state index in [9.17, 15) is 14.4 Å². The highest BCUT2D eigenvalue weighted by molar-refractivity contribution is 6.19. The zero-order valence-electron chi connectivity index (χ0n) is 11.3. The van der Waals surface area contributed by atoms with Crippen molar-refractivity contribution in [1.29, 1.82) is 5.26 Å². The Kier molecular flexibility index (Phi) is 3.85. The number of carboxylic acid groups (broad SMARTS) is 1. The van der Waals surface area contributed by atoms with Crippen molar-refractivity contribution in [2.45, 2.75) is 13.3 Å². The van der Waals surface area contributed by atoms with Gasteiger partial charge in [0.05, 0.1) is 0 Å². The molecule has 0 aromatic heterocycles. The van der Waals surface area contributed by atoms with Crippen molar-refractivity contribution in [3.8, 4) is 6.07 Å². The molecule has 1 heterocycles. The summed E-state index contributed by atoms with van der Waals surface area (Å²) in [6.45, 7) is 0.756. The molecule has 2 amide bonds. The predicted molar refractivity (Wildman–Crippen MR) is 72.6 cm³/mol. The summed E-state index contributed by atoms with van der Waals surface area (Å²) >= 11 is 0. The van der Waals surface area contributed by atoms with Gasteiger partial charge in [-0.15, -0.1) is 0 Å². The van der Waals surface area contributed by atoms with Crippen LogP contribution in [-0.2, 0) is 14.4 Å². The summed E-state index contributed by atoms with van der Waals surface area (Å²) in [6.07, 6.45) is 7.81. The molecule has 106 valence electrons. The van der Waals surface area contributed by atoms with Crippen LogP contribution in [0.5, 0.6) is 0 Å². The van der Waals surface area contributed by atoms with E-state index < -0.39 is 24.3 Å². The van der Waals surface area contributed by atoms with Gasteiger partial charge >= 0.3 is 5.97 Å². The quantitative estimate of drug-likeness (QED) is 0.618. The standard InChI is InChI=1S/C15H12N2O4/c1-9-11(6-10-4-2-3-5-10)14(20)17(8-13(18)19)15(21)12(9)7-16/h2-4,6H,5,8H2,1H3,(H,18,19)/b11-6-. The third-order valence-electron chi connectivity index (χ3n) is 3.25. The van der Waals surface area contributed by atoms with Gasteiger partial charge in [-0.05, 0) is 30.6 Å². The number of carboxylic acids is 1. The van der Waals surface area contributed by atoms with Gasteiger partial charge < -0.3 is 5.11 Å². The molecule has 2 aliphatic rings. The lowest BCUT2D eigenvalue weighted by Crippen LogP contribution is -2.45. The maximum absolute atomic E-state index is 12.3. The summed E-state index contributed by atoms with van der Waals surface area (Å²) in [6, 6.07) is 1.75. The molecule has 1 aliphatic carbocycles. The molecular weight excluding hydrogens is 272 g/mol. The van der Waals surface area contributed by atoms with Crippen LogP contribution in [0.4, 0.5) is 0 Å². The van der Waals surface area contributed by atoms with Crippen molar-refractivity contribution < 1.29 is 19.5 Å². The first kappa shape index (κ1) is 14.5. The summed E-state index contributed by atoms with van der Waals surface area (Å²) in [4.78, 5) is 35.7. The first-order chi connectivity index (χ1) is 9.95. The topological polar surface area (TPSA) is 98.5 Å². The van der Waals surface area contributed by atoms with Gasteiger partial charge in [0.15, 0.2) is 0 Å². The van der Waals surface area contributed by atoms with Gasteiger partial charge in [-0.2, -0.15) is 5.26 Å². The first-order valence-electron chi connectivity index (χ1n) is 6.22. The Morgan fingerprint density at radius 1 is 1.48 bits per heavy atom. The Morgan fingerprint density at radius 2 is 2.19 bits per heavy atom. The summed E-state index contributed by atoms with van der Waals surface area (Å²) in [5.41, 5.74) is 1.12. The highest BCUT2D eigenvalue weighted by Crippen LogP contribution is 2.27. The van der Waals surface area contributed by atoms with Gasteiger partial charge in [-0.1, -0.05) is 18.2 Å². The van der Waals surface area contributed by atoms with Crippen molar-refractivity contribution in [2.24, 2.45) is 0 Å². The molecule has 0 aromatic rings. The number of nitriles is 1. The third kappa shape index (κ3) is 2.67. The monoisotopic (exact) mass is 284 g/mol. The van der Waals surface area contributed by atoms with Gasteiger partial charge in [0.2, 0.25) is 0 Å². The average Bonchev–Trinajstić information content (AvgIpc) is 2.93. The second-order valence-electron chi connectivity index (χ2n) is 4.63. The second kappa shape index (κ2) is 5.59. The molecule has 6 nitrogen and oxygen atoms in total. The van der Waals surface area contributed by atoms with Crippen molar-refractivity contribution in [2.75, 3.05) is 6.54 Å². The minimum Gasteiger partial charge on any atom is -0.480 e. The number of hydrogen-bond donors (Lipinski definition) is 1. The largest absolute Gasteiger partial charge is 0.480 e. The molecular formula is C15H12N2O4. The van der Waals surface area contributed by atoms with Crippen molar-refractivity contribution in [3.05, 3.63) is 46.6 Å². The van der Waals surface area contributed by atoms with Crippen molar-refractivity contribution in [1.82, 2.24) is 4.90 Å². The Hall–Kier alpha value is -2.94. The number of carbonyl (C=O) groups excluding carboxylic acids is 2. The molecule has 6 heteroatoms. The maximum atomic E-state index is 12.3. The molecule has 1 N–H and O–H groups in total. The zero-order chi connectivity index (χ0) is 15.6. The second-order valence-corrected chi connectivity index (χ2v) is 4.63. The summed E-state index contributed by atoms with van der Waals surface area (Å²) in [7, 11) is 0. The molecule has 2 rings (SSSR count). The molecule has 0 saturated carbocycles. The lowest BCUT2D eigenvalue weighted by molar-refractivity contribution is -0.149. The molecule has 0 unspecified atom stereocenters. The summed E-state index contributed by atoms with van der Waals surface area (Å²) in [5, 5.41) is 17.9. The van der Waals surface area contributed by atoms with E-state index >= 15 is 0 Å². The van der Waals surface area contributed by atoms with E-state index in [1.807, 2.05) is 18.2 Å². The number of imide groups is 1. The molecule has 21 heavy (non-hydrogen) atoms. The highest BCUT2D eigenvalue weighted by atomic mass is 16.4. The fraction of sp³-hybridized carbons (Fsp3) is 0.200. The van der Waals surface area contributed by atoms with Crippen LogP contribution in [0, 0.1) is 11.3 Å². The lowest BCUT2D eigenvalue weighted by Gasteiger charge is -2.26. The Bertz CT molecular complexity index is 702. The van der Waals surface area contributed by atoms with Gasteiger partial charge in [0, 0.05) is 5.57 Å². The van der Waals surface area contributed by atoms with Gasteiger partial charge in [-0.25, -0.2) is 0 Å². The van der Waals surface area contributed by atoms with Gasteiger partial charge in [-0.3, -0.25) is 19.3 Å². The molecule has 0 fully saturated rings. The number of carbonyl (C=O) groups is 3. The first-order valence-corrected chi connectivity index (χ1v) is 6.22. The third-order valence-corrected chi connectivity index (χ3v) is 3.25. The minimum atomic E-state index is -1.31. The molecule has 0 bridgehead atoms. The maximum Gasteiger partial charge on any atom is 0.323 e. The van der Waals surface area contributed by atoms with E-state index in [2.05, 4.69) is 0 Å². The van der Waals surface area contributed by atoms with Crippen LogP contribution < -0.4 is 0 Å². The number of nitrogens with zero attached hydrogens (tertiary/aromatic N) is 2. The van der Waals surface area contributed by atoms with Crippen molar-refractivity contribution in [3.63, 3.8) is 0 Å². The van der Waals surface area contributed by atoms with Crippen LogP contribution in [0.2, 0.25) is 0 Å². The molecule has 0 spiro atoms. The van der Waals surface area contributed by atoms with Crippen LogP contribution in [0.25, 0.3) is 0 Å². The lowest BCUT2D eigenvalue weighted by atomic mass is 9.93. The molecule has 1 aliphatic heterocycles. The molecule has 0 saturated heterocycles. The number of allylic oxidation sites excluding steroid dienone is 5. The SMILES string of the molecule is CC1=C(C#N)C(=O)N(CC(=O)O)C(=O)/C1=C\C1=CC=CC1. The van der Waals surface area contributed by atoms with E-state index in [1.54, 1.807) is 12.1 Å². The number of aliphatic carboxylic acids is 1. The van der Waals surface area contributed by atoms with Gasteiger partial charge in [0.1, 0.15) is 18.2 Å². The van der Waals surface area contributed by atoms with E-state index in [0.717, 1.165) is 5.57 Å².